The number of fused-ring (bicyclic) bond motifs is 1. The second kappa shape index (κ2) is 10.7. The van der Waals surface area contributed by atoms with Crippen molar-refractivity contribution in [2.75, 3.05) is 5.32 Å². The lowest BCUT2D eigenvalue weighted by Gasteiger charge is -2.32. The number of hydrogen-bond donors (Lipinski definition) is 4. The lowest BCUT2D eigenvalue weighted by atomic mass is 9.84. The fourth-order valence-corrected chi connectivity index (χ4v) is 4.49. The molecule has 0 radical (unpaired) electrons. The van der Waals surface area contributed by atoms with Crippen LogP contribution in [0, 0.1) is 5.92 Å². The van der Waals surface area contributed by atoms with Crippen LogP contribution in [0.1, 0.15) is 43.2 Å². The van der Waals surface area contributed by atoms with Crippen LogP contribution in [0.4, 0.5) is 19.0 Å². The Balaban J connectivity index is 0.000000429. The van der Waals surface area contributed by atoms with E-state index in [1.54, 1.807) is 6.20 Å². The Morgan fingerprint density at radius 1 is 0.971 bits per heavy atom. The van der Waals surface area contributed by atoms with Crippen molar-refractivity contribution in [2.45, 2.75) is 56.3 Å². The molecular formula is C24H26F3N3O5. The Labute approximate surface area is 199 Å². The lowest BCUT2D eigenvalue weighted by molar-refractivity contribution is -0.192. The van der Waals surface area contributed by atoms with Crippen molar-refractivity contribution in [3.05, 3.63) is 59.8 Å². The summed E-state index contributed by atoms with van der Waals surface area (Å²) in [6, 6.07) is 13.6. The average Bonchev–Trinajstić information content (AvgIpc) is 3.20. The standard InChI is InChI=1S/C22H25N3O3.C2HF3O2/c26-20(16-8-10-17(11-9-16)24-19-7-3-4-14-23-19)25-22(21(27)28)13-12-15-5-1-2-6-18(15)22;3-2(4,5)1(6)7/h1-7,14,16-17H,8-13H2,(H,23,24)(H,25,26)(H,27,28);(H,6,7). The first-order valence-electron chi connectivity index (χ1n) is 11.1. The predicted molar refractivity (Wildman–Crippen MR) is 120 cm³/mol. The molecule has 0 aliphatic heterocycles. The number of carboxylic acids is 2. The van der Waals surface area contributed by atoms with Gasteiger partial charge in [0.1, 0.15) is 5.82 Å². The second-order valence-electron chi connectivity index (χ2n) is 8.57. The van der Waals surface area contributed by atoms with Crippen molar-refractivity contribution in [1.82, 2.24) is 10.3 Å². The molecule has 0 spiro atoms. The summed E-state index contributed by atoms with van der Waals surface area (Å²) < 4.78 is 31.7. The Hall–Kier alpha value is -3.63. The van der Waals surface area contributed by atoms with Gasteiger partial charge in [0.05, 0.1) is 0 Å². The maximum Gasteiger partial charge on any atom is 0.490 e. The number of aryl methyl sites for hydroxylation is 1. The molecule has 1 fully saturated rings. The molecule has 35 heavy (non-hydrogen) atoms. The highest BCUT2D eigenvalue weighted by atomic mass is 19.4. The number of nitrogens with zero attached hydrogens (tertiary/aromatic N) is 1. The molecule has 0 bridgehead atoms. The number of aromatic nitrogens is 1. The van der Waals surface area contributed by atoms with E-state index < -0.39 is 23.7 Å². The summed E-state index contributed by atoms with van der Waals surface area (Å²) in [6.45, 7) is 0. The number of anilines is 1. The zero-order valence-electron chi connectivity index (χ0n) is 18.7. The predicted octanol–water partition coefficient (Wildman–Crippen LogP) is 3.73. The van der Waals surface area contributed by atoms with Crippen molar-refractivity contribution >= 4 is 23.7 Å². The molecule has 1 amide bonds. The van der Waals surface area contributed by atoms with Crippen molar-refractivity contribution in [3.8, 4) is 0 Å². The van der Waals surface area contributed by atoms with Gasteiger partial charge in [-0.15, -0.1) is 0 Å². The number of carbonyl (C=O) groups is 3. The number of halogens is 3. The first-order valence-corrected chi connectivity index (χ1v) is 11.1. The number of benzene rings is 1. The Morgan fingerprint density at radius 3 is 2.17 bits per heavy atom. The van der Waals surface area contributed by atoms with E-state index in [1.807, 2.05) is 42.5 Å². The minimum absolute atomic E-state index is 0.143. The zero-order chi connectivity index (χ0) is 25.6. The summed E-state index contributed by atoms with van der Waals surface area (Å²) in [4.78, 5) is 38.2. The lowest BCUT2D eigenvalue weighted by Crippen LogP contribution is -2.52. The molecule has 2 aliphatic rings. The molecule has 0 saturated heterocycles. The quantitative estimate of drug-likeness (QED) is 0.500. The van der Waals surface area contributed by atoms with Gasteiger partial charge in [0, 0.05) is 18.2 Å². The Morgan fingerprint density at radius 2 is 1.60 bits per heavy atom. The number of hydrogen-bond acceptors (Lipinski definition) is 5. The van der Waals surface area contributed by atoms with Crippen LogP contribution in [-0.2, 0) is 26.3 Å². The summed E-state index contributed by atoms with van der Waals surface area (Å²) >= 11 is 0. The van der Waals surface area contributed by atoms with Crippen LogP contribution >= 0.6 is 0 Å². The molecule has 4 rings (SSSR count). The van der Waals surface area contributed by atoms with Gasteiger partial charge < -0.3 is 20.8 Å². The van der Waals surface area contributed by atoms with E-state index in [1.165, 1.54) is 0 Å². The van der Waals surface area contributed by atoms with Crippen molar-refractivity contribution in [2.24, 2.45) is 5.92 Å². The molecule has 1 unspecified atom stereocenters. The minimum Gasteiger partial charge on any atom is -0.479 e. The van der Waals surface area contributed by atoms with Crippen molar-refractivity contribution in [3.63, 3.8) is 0 Å². The largest absolute Gasteiger partial charge is 0.490 e. The zero-order valence-corrected chi connectivity index (χ0v) is 18.7. The second-order valence-corrected chi connectivity index (χ2v) is 8.57. The van der Waals surface area contributed by atoms with E-state index in [0.717, 1.165) is 42.6 Å². The van der Waals surface area contributed by atoms with Crippen LogP contribution in [0.3, 0.4) is 0 Å². The fraction of sp³-hybridized carbons (Fsp3) is 0.417. The molecule has 188 valence electrons. The maximum atomic E-state index is 12.9. The highest BCUT2D eigenvalue weighted by Crippen LogP contribution is 2.38. The molecular weight excluding hydrogens is 467 g/mol. The summed E-state index contributed by atoms with van der Waals surface area (Å²) in [6.07, 6.45) is 0.970. The van der Waals surface area contributed by atoms with Gasteiger partial charge in [0.15, 0.2) is 5.54 Å². The number of amides is 1. The van der Waals surface area contributed by atoms with Crippen LogP contribution in [0.25, 0.3) is 0 Å². The van der Waals surface area contributed by atoms with Gasteiger partial charge in [0.2, 0.25) is 5.91 Å². The van der Waals surface area contributed by atoms with Gasteiger partial charge in [-0.2, -0.15) is 13.2 Å². The average molecular weight is 493 g/mol. The third-order valence-electron chi connectivity index (χ3n) is 6.31. The molecule has 2 aromatic rings. The third kappa shape index (κ3) is 6.28. The van der Waals surface area contributed by atoms with Crippen molar-refractivity contribution < 1.29 is 37.8 Å². The van der Waals surface area contributed by atoms with E-state index in [0.29, 0.717) is 18.9 Å². The van der Waals surface area contributed by atoms with Gasteiger partial charge in [-0.3, -0.25) is 4.79 Å². The summed E-state index contributed by atoms with van der Waals surface area (Å²) in [5, 5.41) is 23.4. The monoisotopic (exact) mass is 493 g/mol. The minimum atomic E-state index is -5.08. The molecule has 1 atom stereocenters. The SMILES string of the molecule is O=C(NC1(C(=O)O)CCc2ccccc21)C1CCC(Nc2ccccn2)CC1.O=C(O)C(F)(F)F. The molecule has 1 saturated carbocycles. The molecule has 2 aliphatic carbocycles. The third-order valence-corrected chi connectivity index (χ3v) is 6.31. The Bertz CT molecular complexity index is 1060. The number of rotatable bonds is 5. The molecule has 4 N–H and O–H groups in total. The maximum absolute atomic E-state index is 12.9. The van der Waals surface area contributed by atoms with Gasteiger partial charge in [-0.25, -0.2) is 14.6 Å². The topological polar surface area (TPSA) is 129 Å². The number of nitrogens with one attached hydrogen (secondary N) is 2. The van der Waals surface area contributed by atoms with Crippen LogP contribution in [0.5, 0.6) is 0 Å². The fourth-order valence-electron chi connectivity index (χ4n) is 4.49. The molecule has 1 heterocycles. The molecule has 1 aromatic carbocycles. The normalized spacial score (nSPS) is 23.3. The van der Waals surface area contributed by atoms with Gasteiger partial charge in [-0.1, -0.05) is 30.3 Å². The summed E-state index contributed by atoms with van der Waals surface area (Å²) in [7, 11) is 0. The molecule has 1 aromatic heterocycles. The van der Waals surface area contributed by atoms with E-state index >= 15 is 0 Å². The summed E-state index contributed by atoms with van der Waals surface area (Å²) in [5.74, 6) is -3.17. The smallest absolute Gasteiger partial charge is 0.479 e. The number of carboxylic acid groups (broad SMARTS) is 2. The van der Waals surface area contributed by atoms with Crippen LogP contribution in [0.2, 0.25) is 0 Å². The van der Waals surface area contributed by atoms with E-state index in [4.69, 9.17) is 9.90 Å². The van der Waals surface area contributed by atoms with Crippen LogP contribution in [-0.4, -0.2) is 45.3 Å². The number of carbonyl (C=O) groups excluding carboxylic acids is 1. The number of pyridine rings is 1. The summed E-state index contributed by atoms with van der Waals surface area (Å²) in [5.41, 5.74) is 0.436. The van der Waals surface area contributed by atoms with E-state index in [9.17, 15) is 27.9 Å². The first-order chi connectivity index (χ1) is 16.5. The highest BCUT2D eigenvalue weighted by molar-refractivity contribution is 5.90. The highest BCUT2D eigenvalue weighted by Gasteiger charge is 2.47. The number of aliphatic carboxylic acids is 2. The van der Waals surface area contributed by atoms with Gasteiger partial charge in [0.25, 0.3) is 0 Å². The van der Waals surface area contributed by atoms with E-state index in [-0.39, 0.29) is 11.8 Å². The van der Waals surface area contributed by atoms with Crippen LogP contribution < -0.4 is 10.6 Å². The van der Waals surface area contributed by atoms with Gasteiger partial charge in [-0.05, 0) is 61.8 Å². The van der Waals surface area contributed by atoms with E-state index in [2.05, 4.69) is 15.6 Å². The number of alkyl halides is 3. The van der Waals surface area contributed by atoms with Crippen LogP contribution in [0.15, 0.2) is 48.7 Å². The molecule has 11 heteroatoms. The van der Waals surface area contributed by atoms with Crippen molar-refractivity contribution in [1.29, 1.82) is 0 Å². The first kappa shape index (κ1) is 26.0. The molecule has 8 nitrogen and oxygen atoms in total. The van der Waals surface area contributed by atoms with Gasteiger partial charge >= 0.3 is 18.1 Å². The Kier molecular flexibility index (Phi) is 7.98.